The molecule has 0 spiro atoms. The number of amides is 1. The van der Waals surface area contributed by atoms with E-state index in [1.807, 2.05) is 17.0 Å². The van der Waals surface area contributed by atoms with Crippen molar-refractivity contribution in [1.82, 2.24) is 15.5 Å². The van der Waals surface area contributed by atoms with Crippen LogP contribution in [-0.2, 0) is 11.3 Å². The Bertz CT molecular complexity index is 697. The van der Waals surface area contributed by atoms with Gasteiger partial charge in [0.25, 0.3) is 0 Å². The predicted molar refractivity (Wildman–Crippen MR) is 114 cm³/mol. The first-order chi connectivity index (χ1) is 13.7. The van der Waals surface area contributed by atoms with Gasteiger partial charge in [-0.15, -0.1) is 0 Å². The highest BCUT2D eigenvalue weighted by molar-refractivity contribution is 5.95. The number of nitrogens with one attached hydrogen (secondary N) is 2. The molecule has 1 unspecified atom stereocenters. The van der Waals surface area contributed by atoms with Crippen LogP contribution in [0.25, 0.3) is 0 Å². The van der Waals surface area contributed by atoms with E-state index in [1.54, 1.807) is 0 Å². The van der Waals surface area contributed by atoms with E-state index >= 15 is 0 Å². The molecular formula is C22H33N5O. The fourth-order valence-corrected chi connectivity index (χ4v) is 4.26. The monoisotopic (exact) mass is 383 g/mol. The smallest absolute Gasteiger partial charge is 0.227 e. The largest absolute Gasteiger partial charge is 0.357 e. The predicted octanol–water partition coefficient (Wildman–Crippen LogP) is 2.35. The van der Waals surface area contributed by atoms with Gasteiger partial charge in [0.05, 0.1) is 6.54 Å². The second kappa shape index (κ2) is 8.95. The number of benzene rings is 1. The molecule has 4 rings (SSSR count). The van der Waals surface area contributed by atoms with E-state index in [2.05, 4.69) is 34.6 Å². The van der Waals surface area contributed by atoms with Gasteiger partial charge in [0, 0.05) is 44.3 Å². The summed E-state index contributed by atoms with van der Waals surface area (Å²) in [6.45, 7) is 7.92. The molecule has 1 aromatic rings. The summed E-state index contributed by atoms with van der Waals surface area (Å²) >= 11 is 0. The maximum absolute atomic E-state index is 11.9. The Hall–Kier alpha value is -2.08. The van der Waals surface area contributed by atoms with Crippen LogP contribution in [0.1, 0.15) is 44.6 Å². The standard InChI is InChI=1S/C22H33N5O/c1-2-23-22(25-15-18-11-13-26(16-18)19-9-10-19)24-14-17-5-7-20(8-6-17)27-12-3-4-21(27)28/h5-8,18-19H,2-4,9-16H2,1H3,(H2,23,24,25). The summed E-state index contributed by atoms with van der Waals surface area (Å²) in [5.74, 6) is 1.85. The number of rotatable bonds is 7. The van der Waals surface area contributed by atoms with Gasteiger partial charge in [-0.1, -0.05) is 12.1 Å². The fraction of sp³-hybridized carbons (Fsp3) is 0.636. The van der Waals surface area contributed by atoms with Gasteiger partial charge in [-0.25, -0.2) is 4.99 Å². The highest BCUT2D eigenvalue weighted by atomic mass is 16.2. The third-order valence-corrected chi connectivity index (χ3v) is 6.02. The average molecular weight is 384 g/mol. The lowest BCUT2D eigenvalue weighted by molar-refractivity contribution is -0.117. The van der Waals surface area contributed by atoms with Crippen molar-refractivity contribution in [3.8, 4) is 0 Å². The van der Waals surface area contributed by atoms with Crippen molar-refractivity contribution in [1.29, 1.82) is 0 Å². The van der Waals surface area contributed by atoms with Crippen molar-refractivity contribution >= 4 is 17.6 Å². The topological polar surface area (TPSA) is 60.0 Å². The summed E-state index contributed by atoms with van der Waals surface area (Å²) in [6, 6.07) is 9.13. The van der Waals surface area contributed by atoms with Crippen LogP contribution in [0.3, 0.4) is 0 Å². The van der Waals surface area contributed by atoms with Crippen LogP contribution in [0.5, 0.6) is 0 Å². The number of guanidine groups is 1. The summed E-state index contributed by atoms with van der Waals surface area (Å²) in [5, 5.41) is 6.89. The van der Waals surface area contributed by atoms with Gasteiger partial charge >= 0.3 is 0 Å². The van der Waals surface area contributed by atoms with Crippen LogP contribution in [0.4, 0.5) is 5.69 Å². The zero-order valence-corrected chi connectivity index (χ0v) is 17.0. The quantitative estimate of drug-likeness (QED) is 0.561. The van der Waals surface area contributed by atoms with Crippen molar-refractivity contribution in [2.75, 3.05) is 37.6 Å². The van der Waals surface area contributed by atoms with E-state index < -0.39 is 0 Å². The number of carbonyl (C=O) groups excluding carboxylic acids is 1. The number of nitrogens with zero attached hydrogens (tertiary/aromatic N) is 3. The molecule has 2 heterocycles. The van der Waals surface area contributed by atoms with E-state index in [-0.39, 0.29) is 5.91 Å². The van der Waals surface area contributed by atoms with Crippen LogP contribution in [0.2, 0.25) is 0 Å². The fourth-order valence-electron chi connectivity index (χ4n) is 4.26. The Morgan fingerprint density at radius 3 is 2.64 bits per heavy atom. The molecule has 0 radical (unpaired) electrons. The normalized spacial score (nSPS) is 23.5. The second-order valence-electron chi connectivity index (χ2n) is 8.27. The highest BCUT2D eigenvalue weighted by Crippen LogP contribution is 2.31. The molecule has 3 fully saturated rings. The van der Waals surface area contributed by atoms with Crippen LogP contribution in [0.15, 0.2) is 29.3 Å². The molecule has 2 aliphatic heterocycles. The van der Waals surface area contributed by atoms with Crippen LogP contribution in [0, 0.1) is 5.92 Å². The van der Waals surface area contributed by atoms with E-state index in [9.17, 15) is 4.79 Å². The van der Waals surface area contributed by atoms with Crippen molar-refractivity contribution in [3.05, 3.63) is 29.8 Å². The van der Waals surface area contributed by atoms with Crippen molar-refractivity contribution in [2.24, 2.45) is 10.9 Å². The third-order valence-electron chi connectivity index (χ3n) is 6.02. The number of carbonyl (C=O) groups is 1. The molecular weight excluding hydrogens is 350 g/mol. The molecule has 3 aliphatic rings. The molecule has 6 heteroatoms. The van der Waals surface area contributed by atoms with Gasteiger partial charge in [-0.2, -0.15) is 0 Å². The van der Waals surface area contributed by atoms with Crippen molar-refractivity contribution < 1.29 is 4.79 Å². The van der Waals surface area contributed by atoms with Gasteiger partial charge in [0.15, 0.2) is 5.96 Å². The molecule has 1 saturated carbocycles. The number of aliphatic imine (C=N–C) groups is 1. The first-order valence-corrected chi connectivity index (χ1v) is 10.9. The molecule has 0 bridgehead atoms. The SMILES string of the molecule is CCNC(=NCc1ccc(N2CCCC2=O)cc1)NCC1CCN(C2CC2)C1. The number of likely N-dealkylation sites (tertiary alicyclic amines) is 1. The summed E-state index contributed by atoms with van der Waals surface area (Å²) < 4.78 is 0. The summed E-state index contributed by atoms with van der Waals surface area (Å²) in [4.78, 5) is 21.2. The van der Waals surface area contributed by atoms with Crippen LogP contribution in [-0.4, -0.2) is 55.5 Å². The van der Waals surface area contributed by atoms with Gasteiger partial charge in [-0.05, 0) is 62.8 Å². The minimum atomic E-state index is 0.233. The summed E-state index contributed by atoms with van der Waals surface area (Å²) in [7, 11) is 0. The minimum Gasteiger partial charge on any atom is -0.357 e. The van der Waals surface area contributed by atoms with Crippen LogP contribution < -0.4 is 15.5 Å². The molecule has 152 valence electrons. The third kappa shape index (κ3) is 4.85. The number of hydrogen-bond acceptors (Lipinski definition) is 3. The molecule has 0 aromatic heterocycles. The molecule has 1 aromatic carbocycles. The Morgan fingerprint density at radius 2 is 1.96 bits per heavy atom. The second-order valence-corrected chi connectivity index (χ2v) is 8.27. The first kappa shape index (κ1) is 19.2. The first-order valence-electron chi connectivity index (χ1n) is 10.9. The van der Waals surface area contributed by atoms with E-state index in [0.29, 0.717) is 13.0 Å². The molecule has 2 saturated heterocycles. The maximum atomic E-state index is 11.9. The zero-order chi connectivity index (χ0) is 19.3. The highest BCUT2D eigenvalue weighted by Gasteiger charge is 2.34. The van der Waals surface area contributed by atoms with Crippen LogP contribution >= 0.6 is 0 Å². The molecule has 1 aliphatic carbocycles. The van der Waals surface area contributed by atoms with E-state index in [0.717, 1.165) is 55.2 Å². The van der Waals surface area contributed by atoms with Gasteiger partial charge < -0.3 is 20.4 Å². The van der Waals surface area contributed by atoms with Gasteiger partial charge in [0.1, 0.15) is 0 Å². The molecule has 1 atom stereocenters. The Labute approximate surface area is 168 Å². The Balaban J connectivity index is 1.28. The van der Waals surface area contributed by atoms with Crippen molar-refractivity contribution in [3.63, 3.8) is 0 Å². The zero-order valence-electron chi connectivity index (χ0n) is 17.0. The summed E-state index contributed by atoms with van der Waals surface area (Å²) in [5.41, 5.74) is 2.16. The molecule has 6 nitrogen and oxygen atoms in total. The average Bonchev–Trinajstić information content (AvgIpc) is 3.30. The number of anilines is 1. The van der Waals surface area contributed by atoms with E-state index in [4.69, 9.17) is 4.99 Å². The van der Waals surface area contributed by atoms with E-state index in [1.165, 1.54) is 32.4 Å². The Morgan fingerprint density at radius 1 is 1.14 bits per heavy atom. The van der Waals surface area contributed by atoms with Gasteiger partial charge in [-0.3, -0.25) is 4.79 Å². The lowest BCUT2D eigenvalue weighted by atomic mass is 10.1. The molecule has 1 amide bonds. The lowest BCUT2D eigenvalue weighted by Gasteiger charge is -2.17. The van der Waals surface area contributed by atoms with Crippen molar-refractivity contribution in [2.45, 2.75) is 51.6 Å². The molecule has 28 heavy (non-hydrogen) atoms. The molecule has 2 N–H and O–H groups in total. The maximum Gasteiger partial charge on any atom is 0.227 e. The van der Waals surface area contributed by atoms with Gasteiger partial charge in [0.2, 0.25) is 5.91 Å². The minimum absolute atomic E-state index is 0.233. The summed E-state index contributed by atoms with van der Waals surface area (Å²) in [6.07, 6.45) is 5.72. The number of hydrogen-bond donors (Lipinski definition) is 2. The Kier molecular flexibility index (Phi) is 6.15. The lowest BCUT2D eigenvalue weighted by Crippen LogP contribution is -2.40.